The van der Waals surface area contributed by atoms with E-state index in [4.69, 9.17) is 0 Å². The summed E-state index contributed by atoms with van der Waals surface area (Å²) >= 11 is 0. The first-order chi connectivity index (χ1) is 7.33. The molecule has 1 aromatic carbocycles. The Balaban J connectivity index is 2.33. The lowest BCUT2D eigenvalue weighted by Crippen LogP contribution is -2.34. The third kappa shape index (κ3) is 1.94. The highest BCUT2D eigenvalue weighted by molar-refractivity contribution is 6.02. The lowest BCUT2D eigenvalue weighted by atomic mass is 10.0. The molecule has 0 saturated carbocycles. The van der Waals surface area contributed by atoms with E-state index in [1.165, 1.54) is 5.56 Å². The largest absolute Gasteiger partial charge is 0.309 e. The molecule has 0 unspecified atom stereocenters. The summed E-state index contributed by atoms with van der Waals surface area (Å²) in [4.78, 5) is 13.7. The van der Waals surface area contributed by atoms with Gasteiger partial charge in [-0.3, -0.25) is 4.79 Å². The zero-order valence-electron chi connectivity index (χ0n) is 8.94. The number of fused-ring (bicyclic) bond motifs is 1. The molecule has 0 N–H and O–H groups in total. The standard InChI is InChI=1S/C13H15NO/c1-2-6-13(15)14-10-5-8-11-7-3-4-9-12(11)14/h2-4,6-7,9H,5,8,10H2,1H3. The Morgan fingerprint density at radius 2 is 2.20 bits per heavy atom. The summed E-state index contributed by atoms with van der Waals surface area (Å²) < 4.78 is 0. The van der Waals surface area contributed by atoms with Crippen LogP contribution in [0.1, 0.15) is 18.9 Å². The smallest absolute Gasteiger partial charge is 0.250 e. The molecule has 0 saturated heterocycles. The second kappa shape index (κ2) is 4.30. The van der Waals surface area contributed by atoms with Crippen molar-refractivity contribution in [1.29, 1.82) is 0 Å². The molecule has 0 aliphatic carbocycles. The number of nitrogens with zero attached hydrogens (tertiary/aromatic N) is 1. The number of hydrogen-bond donors (Lipinski definition) is 0. The zero-order valence-corrected chi connectivity index (χ0v) is 8.94. The Kier molecular flexibility index (Phi) is 2.86. The maximum absolute atomic E-state index is 11.8. The van der Waals surface area contributed by atoms with Crippen molar-refractivity contribution in [3.8, 4) is 0 Å². The van der Waals surface area contributed by atoms with Crippen LogP contribution in [-0.2, 0) is 11.2 Å². The van der Waals surface area contributed by atoms with Crippen LogP contribution in [0.3, 0.4) is 0 Å². The molecule has 78 valence electrons. The molecule has 15 heavy (non-hydrogen) atoms. The molecule has 1 amide bonds. The van der Waals surface area contributed by atoms with Gasteiger partial charge in [0, 0.05) is 12.2 Å². The van der Waals surface area contributed by atoms with Gasteiger partial charge in [-0.15, -0.1) is 0 Å². The van der Waals surface area contributed by atoms with Gasteiger partial charge in [-0.25, -0.2) is 0 Å². The molecule has 0 atom stereocenters. The monoisotopic (exact) mass is 201 g/mol. The minimum absolute atomic E-state index is 0.0876. The van der Waals surface area contributed by atoms with Crippen LogP contribution in [0.2, 0.25) is 0 Å². The van der Waals surface area contributed by atoms with Crippen molar-refractivity contribution in [2.75, 3.05) is 11.4 Å². The molecule has 0 spiro atoms. The number of hydrogen-bond acceptors (Lipinski definition) is 1. The van der Waals surface area contributed by atoms with Gasteiger partial charge in [0.15, 0.2) is 0 Å². The lowest BCUT2D eigenvalue weighted by Gasteiger charge is -2.28. The first-order valence-corrected chi connectivity index (χ1v) is 5.35. The van der Waals surface area contributed by atoms with Gasteiger partial charge in [-0.1, -0.05) is 24.3 Å². The van der Waals surface area contributed by atoms with E-state index >= 15 is 0 Å². The van der Waals surface area contributed by atoms with Crippen molar-refractivity contribution in [2.45, 2.75) is 19.8 Å². The van der Waals surface area contributed by atoms with E-state index in [-0.39, 0.29) is 5.91 Å². The van der Waals surface area contributed by atoms with Gasteiger partial charge in [0.25, 0.3) is 5.91 Å². The summed E-state index contributed by atoms with van der Waals surface area (Å²) in [6.07, 6.45) is 5.55. The first-order valence-electron chi connectivity index (χ1n) is 5.35. The molecule has 2 heteroatoms. The van der Waals surface area contributed by atoms with Crippen molar-refractivity contribution in [2.24, 2.45) is 0 Å². The topological polar surface area (TPSA) is 20.3 Å². The second-order valence-electron chi connectivity index (χ2n) is 3.72. The van der Waals surface area contributed by atoms with E-state index < -0.39 is 0 Å². The number of para-hydroxylation sites is 1. The highest BCUT2D eigenvalue weighted by Crippen LogP contribution is 2.26. The van der Waals surface area contributed by atoms with Crippen molar-refractivity contribution >= 4 is 11.6 Å². The molecule has 1 heterocycles. The van der Waals surface area contributed by atoms with Crippen LogP contribution in [0.15, 0.2) is 36.4 Å². The molecule has 0 fully saturated rings. The van der Waals surface area contributed by atoms with Gasteiger partial charge in [0.2, 0.25) is 0 Å². The summed E-state index contributed by atoms with van der Waals surface area (Å²) in [7, 11) is 0. The Labute approximate surface area is 90.2 Å². The summed E-state index contributed by atoms with van der Waals surface area (Å²) in [5.74, 6) is 0.0876. The fraction of sp³-hybridized carbons (Fsp3) is 0.308. The first kappa shape index (κ1) is 9.97. The summed E-state index contributed by atoms with van der Waals surface area (Å²) in [6.45, 7) is 2.70. The summed E-state index contributed by atoms with van der Waals surface area (Å²) in [5.41, 5.74) is 2.36. The van der Waals surface area contributed by atoms with E-state index in [0.29, 0.717) is 0 Å². The maximum Gasteiger partial charge on any atom is 0.250 e. The zero-order chi connectivity index (χ0) is 10.7. The Hall–Kier alpha value is -1.57. The average Bonchev–Trinajstić information content (AvgIpc) is 2.28. The van der Waals surface area contributed by atoms with E-state index in [0.717, 1.165) is 25.1 Å². The Bertz CT molecular complexity index is 395. The molecular formula is C13H15NO. The van der Waals surface area contributed by atoms with Crippen LogP contribution in [0, 0.1) is 0 Å². The maximum atomic E-state index is 11.8. The predicted octanol–water partition coefficient (Wildman–Crippen LogP) is 2.54. The Morgan fingerprint density at radius 1 is 1.40 bits per heavy atom. The van der Waals surface area contributed by atoms with Crippen molar-refractivity contribution < 1.29 is 4.79 Å². The third-order valence-electron chi connectivity index (χ3n) is 2.69. The number of rotatable bonds is 1. The highest BCUT2D eigenvalue weighted by Gasteiger charge is 2.19. The van der Waals surface area contributed by atoms with E-state index in [1.54, 1.807) is 12.2 Å². The molecular weight excluding hydrogens is 186 g/mol. The number of carbonyl (C=O) groups is 1. The molecule has 2 rings (SSSR count). The number of amides is 1. The van der Waals surface area contributed by atoms with Crippen LogP contribution in [0.25, 0.3) is 0 Å². The number of aryl methyl sites for hydroxylation is 1. The lowest BCUT2D eigenvalue weighted by molar-refractivity contribution is -0.114. The van der Waals surface area contributed by atoms with E-state index in [2.05, 4.69) is 6.07 Å². The minimum Gasteiger partial charge on any atom is -0.309 e. The van der Waals surface area contributed by atoms with Gasteiger partial charge >= 0.3 is 0 Å². The molecule has 2 nitrogen and oxygen atoms in total. The molecule has 0 aromatic heterocycles. The van der Waals surface area contributed by atoms with Gasteiger partial charge in [-0.2, -0.15) is 0 Å². The molecule has 0 bridgehead atoms. The summed E-state index contributed by atoms with van der Waals surface area (Å²) in [5, 5.41) is 0. The normalized spacial score (nSPS) is 15.4. The molecule has 0 radical (unpaired) electrons. The highest BCUT2D eigenvalue weighted by atomic mass is 16.2. The van der Waals surface area contributed by atoms with Crippen molar-refractivity contribution in [3.63, 3.8) is 0 Å². The van der Waals surface area contributed by atoms with E-state index in [1.807, 2.05) is 30.0 Å². The van der Waals surface area contributed by atoms with Crippen LogP contribution in [-0.4, -0.2) is 12.5 Å². The van der Waals surface area contributed by atoms with Crippen molar-refractivity contribution in [3.05, 3.63) is 42.0 Å². The number of allylic oxidation sites excluding steroid dienone is 1. The van der Waals surface area contributed by atoms with Crippen LogP contribution in [0.4, 0.5) is 5.69 Å². The van der Waals surface area contributed by atoms with Crippen LogP contribution >= 0.6 is 0 Å². The number of carbonyl (C=O) groups excluding carboxylic acids is 1. The minimum atomic E-state index is 0.0876. The predicted molar refractivity (Wildman–Crippen MR) is 61.9 cm³/mol. The SMILES string of the molecule is CC=CC(=O)N1CCCc2ccccc21. The van der Waals surface area contributed by atoms with Gasteiger partial charge in [-0.05, 0) is 37.5 Å². The van der Waals surface area contributed by atoms with Crippen LogP contribution in [0.5, 0.6) is 0 Å². The summed E-state index contributed by atoms with van der Waals surface area (Å²) in [6, 6.07) is 8.14. The number of benzene rings is 1. The number of anilines is 1. The molecule has 1 aliphatic heterocycles. The molecule has 1 aromatic rings. The quantitative estimate of drug-likeness (QED) is 0.639. The molecule has 1 aliphatic rings. The van der Waals surface area contributed by atoms with Gasteiger partial charge in [0.05, 0.1) is 0 Å². The van der Waals surface area contributed by atoms with Gasteiger partial charge in [0.1, 0.15) is 0 Å². The van der Waals surface area contributed by atoms with Crippen LogP contribution < -0.4 is 4.90 Å². The van der Waals surface area contributed by atoms with Crippen molar-refractivity contribution in [1.82, 2.24) is 0 Å². The fourth-order valence-electron chi connectivity index (χ4n) is 2.00. The second-order valence-corrected chi connectivity index (χ2v) is 3.72. The van der Waals surface area contributed by atoms with E-state index in [9.17, 15) is 4.79 Å². The van der Waals surface area contributed by atoms with Gasteiger partial charge < -0.3 is 4.90 Å². The fourth-order valence-corrected chi connectivity index (χ4v) is 2.00. The average molecular weight is 201 g/mol. The third-order valence-corrected chi connectivity index (χ3v) is 2.69. The Morgan fingerprint density at radius 3 is 3.00 bits per heavy atom.